The summed E-state index contributed by atoms with van der Waals surface area (Å²) >= 11 is 0. The van der Waals surface area contributed by atoms with E-state index >= 15 is 0 Å². The molecule has 0 radical (unpaired) electrons. The molecule has 3 atom stereocenters. The maximum atomic E-state index is 12.1. The van der Waals surface area contributed by atoms with Crippen LogP contribution in [0.25, 0.3) is 0 Å². The number of hydrogen-bond donors (Lipinski definition) is 2. The molecule has 1 aromatic rings. The van der Waals surface area contributed by atoms with Gasteiger partial charge < -0.3 is 16.2 Å². The van der Waals surface area contributed by atoms with Gasteiger partial charge in [-0.15, -0.1) is 0 Å². The zero-order valence-corrected chi connectivity index (χ0v) is 10.3. The standard InChI is InChI=1S/C9H16N4O2S/c1-5(15-3)6(2)16(14)7-4-12-9(11)13-8(7)10/h4-6H,1-3H3,(H4,10,11,12,13)/t5-,6?,16?/m0/s1. The van der Waals surface area contributed by atoms with E-state index in [2.05, 4.69) is 9.97 Å². The second-order valence-electron chi connectivity index (χ2n) is 3.42. The summed E-state index contributed by atoms with van der Waals surface area (Å²) in [5.74, 6) is 0.228. The van der Waals surface area contributed by atoms with Crippen LogP contribution in [0.3, 0.4) is 0 Å². The first-order chi connectivity index (χ1) is 7.47. The predicted octanol–water partition coefficient (Wildman–Crippen LogP) is 0.172. The summed E-state index contributed by atoms with van der Waals surface area (Å²) in [5.41, 5.74) is 11.0. The number of ether oxygens (including phenoxy) is 1. The molecule has 0 saturated carbocycles. The van der Waals surface area contributed by atoms with Crippen molar-refractivity contribution in [3.05, 3.63) is 6.20 Å². The molecule has 2 unspecified atom stereocenters. The number of hydrogen-bond acceptors (Lipinski definition) is 6. The van der Waals surface area contributed by atoms with Crippen LogP contribution in [0.2, 0.25) is 0 Å². The van der Waals surface area contributed by atoms with Crippen molar-refractivity contribution in [3.63, 3.8) is 0 Å². The average Bonchev–Trinajstić information content (AvgIpc) is 2.26. The summed E-state index contributed by atoms with van der Waals surface area (Å²) < 4.78 is 17.2. The van der Waals surface area contributed by atoms with Gasteiger partial charge in [0.25, 0.3) is 0 Å². The number of methoxy groups -OCH3 is 1. The second-order valence-corrected chi connectivity index (χ2v) is 5.20. The van der Waals surface area contributed by atoms with E-state index < -0.39 is 10.8 Å². The Morgan fingerprint density at radius 1 is 1.44 bits per heavy atom. The van der Waals surface area contributed by atoms with Crippen LogP contribution in [0, 0.1) is 0 Å². The van der Waals surface area contributed by atoms with Gasteiger partial charge in [-0.3, -0.25) is 4.21 Å². The lowest BCUT2D eigenvalue weighted by Gasteiger charge is -2.18. The van der Waals surface area contributed by atoms with E-state index in [1.807, 2.05) is 13.8 Å². The Morgan fingerprint density at radius 2 is 2.06 bits per heavy atom. The molecule has 1 rings (SSSR count). The molecule has 6 nitrogen and oxygen atoms in total. The molecule has 0 aliphatic rings. The number of aromatic nitrogens is 2. The minimum absolute atomic E-state index is 0.0747. The van der Waals surface area contributed by atoms with Crippen LogP contribution in [-0.2, 0) is 15.5 Å². The zero-order chi connectivity index (χ0) is 12.3. The zero-order valence-electron chi connectivity index (χ0n) is 9.51. The molecule has 0 spiro atoms. The fourth-order valence-electron chi connectivity index (χ4n) is 1.12. The highest BCUT2D eigenvalue weighted by molar-refractivity contribution is 7.85. The van der Waals surface area contributed by atoms with Crippen LogP contribution >= 0.6 is 0 Å². The lowest BCUT2D eigenvalue weighted by Crippen LogP contribution is -2.27. The van der Waals surface area contributed by atoms with Gasteiger partial charge in [-0.1, -0.05) is 0 Å². The Balaban J connectivity index is 2.96. The highest BCUT2D eigenvalue weighted by atomic mass is 32.2. The molecular weight excluding hydrogens is 228 g/mol. The van der Waals surface area contributed by atoms with Crippen molar-refractivity contribution < 1.29 is 8.95 Å². The number of nitrogens with two attached hydrogens (primary N) is 2. The van der Waals surface area contributed by atoms with Gasteiger partial charge in [0.15, 0.2) is 0 Å². The van der Waals surface area contributed by atoms with E-state index in [0.29, 0.717) is 4.90 Å². The van der Waals surface area contributed by atoms with Crippen molar-refractivity contribution in [1.29, 1.82) is 0 Å². The fraction of sp³-hybridized carbons (Fsp3) is 0.556. The molecule has 16 heavy (non-hydrogen) atoms. The fourth-order valence-corrected chi connectivity index (χ4v) is 2.39. The summed E-state index contributed by atoms with van der Waals surface area (Å²) in [7, 11) is 0.262. The van der Waals surface area contributed by atoms with Crippen LogP contribution in [0.4, 0.5) is 11.8 Å². The predicted molar refractivity (Wildman–Crippen MR) is 63.2 cm³/mol. The van der Waals surface area contributed by atoms with Crippen LogP contribution in [-0.4, -0.2) is 32.6 Å². The lowest BCUT2D eigenvalue weighted by molar-refractivity contribution is 0.118. The molecule has 0 bridgehead atoms. The van der Waals surface area contributed by atoms with Gasteiger partial charge in [-0.25, -0.2) is 4.98 Å². The SMILES string of the molecule is CO[C@@H](C)C(C)S(=O)c1cnc(N)nc1N. The first-order valence-electron chi connectivity index (χ1n) is 4.78. The Kier molecular flexibility index (Phi) is 4.19. The minimum Gasteiger partial charge on any atom is -0.383 e. The van der Waals surface area contributed by atoms with Crippen LogP contribution in [0.15, 0.2) is 11.1 Å². The third-order valence-corrected chi connectivity index (χ3v) is 4.20. The first kappa shape index (κ1) is 12.9. The molecule has 7 heteroatoms. The molecule has 0 aliphatic carbocycles. The number of nitrogen functional groups attached to an aromatic ring is 2. The molecule has 0 aromatic carbocycles. The van der Waals surface area contributed by atoms with E-state index in [1.54, 1.807) is 7.11 Å². The van der Waals surface area contributed by atoms with E-state index in [9.17, 15) is 4.21 Å². The topological polar surface area (TPSA) is 104 Å². The highest BCUT2D eigenvalue weighted by Gasteiger charge is 2.22. The molecule has 1 aromatic heterocycles. The van der Waals surface area contributed by atoms with Gasteiger partial charge in [-0.2, -0.15) is 4.98 Å². The summed E-state index contributed by atoms with van der Waals surface area (Å²) in [6, 6.07) is 0. The van der Waals surface area contributed by atoms with Crippen molar-refractivity contribution in [1.82, 2.24) is 9.97 Å². The summed E-state index contributed by atoms with van der Waals surface area (Å²) in [6.45, 7) is 3.66. The molecule has 0 amide bonds. The van der Waals surface area contributed by atoms with Crippen molar-refractivity contribution in [2.75, 3.05) is 18.6 Å². The molecule has 0 fully saturated rings. The Morgan fingerprint density at radius 3 is 2.56 bits per heavy atom. The molecule has 90 valence electrons. The third-order valence-electron chi connectivity index (χ3n) is 2.39. The highest BCUT2D eigenvalue weighted by Crippen LogP contribution is 2.19. The number of anilines is 2. The summed E-state index contributed by atoms with van der Waals surface area (Å²) in [4.78, 5) is 7.95. The van der Waals surface area contributed by atoms with Gasteiger partial charge >= 0.3 is 0 Å². The largest absolute Gasteiger partial charge is 0.383 e. The van der Waals surface area contributed by atoms with E-state index in [0.717, 1.165) is 0 Å². The smallest absolute Gasteiger partial charge is 0.221 e. The molecular formula is C9H16N4O2S. The van der Waals surface area contributed by atoms with Gasteiger partial charge in [0.05, 0.1) is 33.2 Å². The molecule has 1 heterocycles. The maximum Gasteiger partial charge on any atom is 0.221 e. The lowest BCUT2D eigenvalue weighted by atomic mass is 10.3. The third kappa shape index (κ3) is 2.67. The first-order valence-corrected chi connectivity index (χ1v) is 6.00. The van der Waals surface area contributed by atoms with Crippen molar-refractivity contribution in [2.45, 2.75) is 30.1 Å². The molecule has 0 saturated heterocycles. The quantitative estimate of drug-likeness (QED) is 0.782. The number of nitrogens with zero attached hydrogens (tertiary/aromatic N) is 2. The Bertz CT molecular complexity index is 399. The maximum absolute atomic E-state index is 12.1. The van der Waals surface area contributed by atoms with Crippen LogP contribution < -0.4 is 11.5 Å². The van der Waals surface area contributed by atoms with E-state index in [-0.39, 0.29) is 23.1 Å². The van der Waals surface area contributed by atoms with Crippen molar-refractivity contribution in [2.24, 2.45) is 0 Å². The van der Waals surface area contributed by atoms with Gasteiger partial charge in [-0.05, 0) is 13.8 Å². The Hall–Kier alpha value is -1.21. The molecule has 4 N–H and O–H groups in total. The Labute approximate surface area is 96.9 Å². The van der Waals surface area contributed by atoms with Crippen LogP contribution in [0.1, 0.15) is 13.8 Å². The number of rotatable bonds is 4. The minimum atomic E-state index is -1.31. The summed E-state index contributed by atoms with van der Waals surface area (Å²) in [6.07, 6.45) is 1.25. The normalized spacial score (nSPS) is 16.7. The van der Waals surface area contributed by atoms with Gasteiger partial charge in [0.2, 0.25) is 5.95 Å². The van der Waals surface area contributed by atoms with Gasteiger partial charge in [0.1, 0.15) is 5.82 Å². The summed E-state index contributed by atoms with van der Waals surface area (Å²) in [5, 5.41) is -0.195. The monoisotopic (exact) mass is 244 g/mol. The van der Waals surface area contributed by atoms with Crippen molar-refractivity contribution in [3.8, 4) is 0 Å². The van der Waals surface area contributed by atoms with Gasteiger partial charge in [0, 0.05) is 7.11 Å². The molecule has 0 aliphatic heterocycles. The van der Waals surface area contributed by atoms with E-state index in [1.165, 1.54) is 6.20 Å². The van der Waals surface area contributed by atoms with Crippen molar-refractivity contribution >= 4 is 22.6 Å². The average molecular weight is 244 g/mol. The second kappa shape index (κ2) is 5.22. The van der Waals surface area contributed by atoms with Crippen LogP contribution in [0.5, 0.6) is 0 Å². The van der Waals surface area contributed by atoms with E-state index in [4.69, 9.17) is 16.2 Å².